The van der Waals surface area contributed by atoms with Gasteiger partial charge in [-0.15, -0.1) is 0 Å². The molecule has 0 bridgehead atoms. The molecule has 94 valence electrons. The Kier molecular flexibility index (Phi) is 4.78. The third-order valence-electron chi connectivity index (χ3n) is 3.97. The van der Waals surface area contributed by atoms with E-state index < -0.39 is 5.54 Å². The average Bonchev–Trinajstić information content (AvgIpc) is 2.30. The summed E-state index contributed by atoms with van der Waals surface area (Å²) in [6, 6.07) is 0.266. The van der Waals surface area contributed by atoms with Crippen LogP contribution >= 0.6 is 0 Å². The van der Waals surface area contributed by atoms with E-state index >= 15 is 0 Å². The minimum Gasteiger partial charge on any atom is -0.352 e. The molecular formula is C13H26N2O. The minimum absolute atomic E-state index is 0.00641. The van der Waals surface area contributed by atoms with Crippen LogP contribution in [0.4, 0.5) is 0 Å². The Morgan fingerprint density at radius 1 is 1.44 bits per heavy atom. The zero-order chi connectivity index (χ0) is 12.2. The number of amides is 1. The number of rotatable bonds is 4. The van der Waals surface area contributed by atoms with Crippen LogP contribution in [0.2, 0.25) is 0 Å². The lowest BCUT2D eigenvalue weighted by Crippen LogP contribution is -2.54. The van der Waals surface area contributed by atoms with Crippen LogP contribution in [0.25, 0.3) is 0 Å². The van der Waals surface area contributed by atoms with Gasteiger partial charge < -0.3 is 11.1 Å². The van der Waals surface area contributed by atoms with Crippen molar-refractivity contribution in [2.75, 3.05) is 0 Å². The maximum Gasteiger partial charge on any atom is 0.239 e. The van der Waals surface area contributed by atoms with Crippen LogP contribution in [0.15, 0.2) is 0 Å². The third-order valence-corrected chi connectivity index (χ3v) is 3.97. The highest BCUT2D eigenvalue weighted by atomic mass is 16.2. The Labute approximate surface area is 99.2 Å². The van der Waals surface area contributed by atoms with E-state index in [0.29, 0.717) is 12.3 Å². The number of hydrogen-bond donors (Lipinski definition) is 2. The van der Waals surface area contributed by atoms with Crippen molar-refractivity contribution in [1.29, 1.82) is 0 Å². The fraction of sp³-hybridized carbons (Fsp3) is 0.923. The van der Waals surface area contributed by atoms with Crippen LogP contribution in [-0.2, 0) is 4.79 Å². The molecular weight excluding hydrogens is 200 g/mol. The van der Waals surface area contributed by atoms with Gasteiger partial charge in [0.2, 0.25) is 5.91 Å². The van der Waals surface area contributed by atoms with Crippen LogP contribution in [-0.4, -0.2) is 17.5 Å². The second-order valence-electron chi connectivity index (χ2n) is 5.43. The molecule has 0 radical (unpaired) electrons. The summed E-state index contributed by atoms with van der Waals surface area (Å²) in [5.74, 6) is 0.637. The smallest absolute Gasteiger partial charge is 0.239 e. The molecule has 0 aliphatic heterocycles. The molecule has 1 fully saturated rings. The summed E-state index contributed by atoms with van der Waals surface area (Å²) in [6.07, 6.45) is 7.12. The highest BCUT2D eigenvalue weighted by Gasteiger charge is 2.29. The lowest BCUT2D eigenvalue weighted by molar-refractivity contribution is -0.127. The molecule has 0 spiro atoms. The van der Waals surface area contributed by atoms with Crippen LogP contribution < -0.4 is 11.1 Å². The van der Waals surface area contributed by atoms with Gasteiger partial charge in [-0.1, -0.05) is 26.2 Å². The van der Waals surface area contributed by atoms with Crippen molar-refractivity contribution in [3.05, 3.63) is 0 Å². The molecule has 3 nitrogen and oxygen atoms in total. The van der Waals surface area contributed by atoms with Gasteiger partial charge in [0.05, 0.1) is 5.54 Å². The van der Waals surface area contributed by atoms with Gasteiger partial charge in [0.25, 0.3) is 0 Å². The van der Waals surface area contributed by atoms with E-state index in [-0.39, 0.29) is 11.9 Å². The van der Waals surface area contributed by atoms with E-state index in [0.717, 1.165) is 0 Å². The summed E-state index contributed by atoms with van der Waals surface area (Å²) >= 11 is 0. The molecule has 1 rings (SSSR count). The normalized spacial score (nSPS) is 23.5. The predicted molar refractivity (Wildman–Crippen MR) is 67.1 cm³/mol. The van der Waals surface area contributed by atoms with Gasteiger partial charge in [-0.3, -0.25) is 4.79 Å². The molecule has 0 aromatic heterocycles. The summed E-state index contributed by atoms with van der Waals surface area (Å²) in [7, 11) is 0. The zero-order valence-corrected chi connectivity index (χ0v) is 10.9. The Morgan fingerprint density at radius 3 is 2.50 bits per heavy atom. The molecule has 3 N–H and O–H groups in total. The lowest BCUT2D eigenvalue weighted by atomic mass is 9.84. The predicted octanol–water partition coefficient (Wildman–Crippen LogP) is 2.20. The Morgan fingerprint density at radius 2 is 2.00 bits per heavy atom. The van der Waals surface area contributed by atoms with E-state index in [2.05, 4.69) is 12.2 Å². The molecule has 0 aromatic rings. The minimum atomic E-state index is -0.719. The van der Waals surface area contributed by atoms with E-state index in [1.54, 1.807) is 6.92 Å². The van der Waals surface area contributed by atoms with E-state index in [9.17, 15) is 4.79 Å². The van der Waals surface area contributed by atoms with Crippen molar-refractivity contribution >= 4 is 5.91 Å². The molecule has 1 aliphatic rings. The number of nitrogens with one attached hydrogen (secondary N) is 1. The summed E-state index contributed by atoms with van der Waals surface area (Å²) in [4.78, 5) is 11.9. The average molecular weight is 226 g/mol. The van der Waals surface area contributed by atoms with Crippen molar-refractivity contribution in [3.8, 4) is 0 Å². The number of carbonyl (C=O) groups excluding carboxylic acids is 1. The lowest BCUT2D eigenvalue weighted by Gasteiger charge is -2.31. The molecule has 3 heteroatoms. The molecule has 16 heavy (non-hydrogen) atoms. The summed E-state index contributed by atoms with van der Waals surface area (Å²) in [5, 5.41) is 3.08. The largest absolute Gasteiger partial charge is 0.352 e. The van der Waals surface area contributed by atoms with E-state index in [4.69, 9.17) is 5.73 Å². The standard InChI is InChI=1S/C13H26N2O/c1-4-13(3,14)12(16)15-10(2)11-8-6-5-7-9-11/h10-11H,4-9,14H2,1-3H3,(H,15,16)/t10-,13?/m0/s1. The van der Waals surface area contributed by atoms with Crippen molar-refractivity contribution in [3.63, 3.8) is 0 Å². The molecule has 1 aliphatic carbocycles. The first-order chi connectivity index (χ1) is 7.47. The Bertz CT molecular complexity index is 232. The number of carbonyl (C=O) groups is 1. The molecule has 0 heterocycles. The summed E-state index contributed by atoms with van der Waals surface area (Å²) in [5.41, 5.74) is 5.21. The number of hydrogen-bond acceptors (Lipinski definition) is 2. The fourth-order valence-corrected chi connectivity index (χ4v) is 2.28. The van der Waals surface area contributed by atoms with Gasteiger partial charge in [0, 0.05) is 6.04 Å². The van der Waals surface area contributed by atoms with Crippen LogP contribution in [0, 0.1) is 5.92 Å². The molecule has 0 aromatic carbocycles. The monoisotopic (exact) mass is 226 g/mol. The zero-order valence-electron chi connectivity index (χ0n) is 10.9. The highest BCUT2D eigenvalue weighted by Crippen LogP contribution is 2.26. The molecule has 2 atom stereocenters. The SMILES string of the molecule is CCC(C)(N)C(=O)N[C@@H](C)C1CCCCC1. The van der Waals surface area contributed by atoms with E-state index in [1.165, 1.54) is 32.1 Å². The first-order valence-corrected chi connectivity index (χ1v) is 6.57. The molecule has 1 unspecified atom stereocenters. The van der Waals surface area contributed by atoms with Crippen molar-refractivity contribution in [2.24, 2.45) is 11.7 Å². The van der Waals surface area contributed by atoms with Crippen molar-refractivity contribution in [2.45, 2.75) is 70.9 Å². The Hall–Kier alpha value is -0.570. The molecule has 0 saturated heterocycles. The van der Waals surface area contributed by atoms with Gasteiger partial charge in [-0.25, -0.2) is 0 Å². The van der Waals surface area contributed by atoms with Crippen LogP contribution in [0.3, 0.4) is 0 Å². The van der Waals surface area contributed by atoms with Crippen molar-refractivity contribution in [1.82, 2.24) is 5.32 Å². The second-order valence-corrected chi connectivity index (χ2v) is 5.43. The van der Waals surface area contributed by atoms with Gasteiger partial charge in [-0.05, 0) is 39.0 Å². The van der Waals surface area contributed by atoms with Gasteiger partial charge >= 0.3 is 0 Å². The topological polar surface area (TPSA) is 55.1 Å². The van der Waals surface area contributed by atoms with E-state index in [1.807, 2.05) is 6.92 Å². The molecule has 1 saturated carbocycles. The molecule has 1 amide bonds. The highest BCUT2D eigenvalue weighted by molar-refractivity contribution is 5.85. The maximum atomic E-state index is 11.9. The fourth-order valence-electron chi connectivity index (χ4n) is 2.28. The number of nitrogens with two attached hydrogens (primary N) is 1. The van der Waals surface area contributed by atoms with Crippen molar-refractivity contribution < 1.29 is 4.79 Å². The van der Waals surface area contributed by atoms with Crippen LogP contribution in [0.1, 0.15) is 59.3 Å². The maximum absolute atomic E-state index is 11.9. The first-order valence-electron chi connectivity index (χ1n) is 6.57. The van der Waals surface area contributed by atoms with Gasteiger partial charge in [0.1, 0.15) is 0 Å². The van der Waals surface area contributed by atoms with Gasteiger partial charge in [-0.2, -0.15) is 0 Å². The van der Waals surface area contributed by atoms with Gasteiger partial charge in [0.15, 0.2) is 0 Å². The third kappa shape index (κ3) is 3.48. The quantitative estimate of drug-likeness (QED) is 0.772. The summed E-state index contributed by atoms with van der Waals surface area (Å²) < 4.78 is 0. The van der Waals surface area contributed by atoms with Crippen LogP contribution in [0.5, 0.6) is 0 Å². The second kappa shape index (κ2) is 5.67. The first kappa shape index (κ1) is 13.5. The Balaban J connectivity index is 2.43. The summed E-state index contributed by atoms with van der Waals surface area (Å²) in [6.45, 7) is 5.86.